The van der Waals surface area contributed by atoms with Gasteiger partial charge in [-0.1, -0.05) is 29.8 Å². The predicted octanol–water partition coefficient (Wildman–Crippen LogP) is 3.58. The summed E-state index contributed by atoms with van der Waals surface area (Å²) in [4.78, 5) is 12.4. The second-order valence-electron chi connectivity index (χ2n) is 6.12. The molecule has 0 fully saturated rings. The zero-order valence-electron chi connectivity index (χ0n) is 14.3. The number of rotatable bonds is 6. The number of hydrogen-bond acceptors (Lipinski definition) is 3. The number of benzene rings is 2. The number of halogens is 1. The first kappa shape index (κ1) is 19.4. The molecule has 0 spiro atoms. The van der Waals surface area contributed by atoms with Crippen LogP contribution in [0.1, 0.15) is 29.2 Å². The maximum absolute atomic E-state index is 12.4. The second kappa shape index (κ2) is 7.99. The van der Waals surface area contributed by atoms with E-state index < -0.39 is 16.1 Å². The van der Waals surface area contributed by atoms with E-state index in [2.05, 4.69) is 10.0 Å². The van der Waals surface area contributed by atoms with Crippen LogP contribution >= 0.6 is 11.6 Å². The summed E-state index contributed by atoms with van der Waals surface area (Å²) in [7, 11) is -3.48. The van der Waals surface area contributed by atoms with Crippen molar-refractivity contribution in [2.75, 3.05) is 11.6 Å². The molecule has 1 atom stereocenters. The van der Waals surface area contributed by atoms with Gasteiger partial charge in [-0.2, -0.15) is 0 Å². The molecule has 2 aromatic rings. The van der Waals surface area contributed by atoms with E-state index in [9.17, 15) is 13.2 Å². The van der Waals surface area contributed by atoms with Gasteiger partial charge < -0.3 is 5.32 Å². The molecule has 2 aromatic carbocycles. The van der Waals surface area contributed by atoms with Crippen molar-refractivity contribution in [3.8, 4) is 0 Å². The van der Waals surface area contributed by atoms with Crippen LogP contribution in [0.4, 0.5) is 5.69 Å². The lowest BCUT2D eigenvalue weighted by molar-refractivity contribution is -0.116. The second-order valence-corrected chi connectivity index (χ2v) is 8.34. The Balaban J connectivity index is 2.17. The molecule has 1 amide bonds. The van der Waals surface area contributed by atoms with Gasteiger partial charge in [-0.05, 0) is 54.8 Å². The fraction of sp³-hybridized carbons (Fsp3) is 0.278. The number of carbonyl (C=O) groups excluding carboxylic acids is 1. The highest BCUT2D eigenvalue weighted by Crippen LogP contribution is 2.21. The molecule has 5 nitrogen and oxygen atoms in total. The van der Waals surface area contributed by atoms with Crippen molar-refractivity contribution < 1.29 is 13.2 Å². The van der Waals surface area contributed by atoms with Crippen LogP contribution in [0.5, 0.6) is 0 Å². The van der Waals surface area contributed by atoms with Crippen LogP contribution in [0, 0.1) is 13.8 Å². The number of sulfonamides is 1. The molecule has 0 saturated heterocycles. The lowest BCUT2D eigenvalue weighted by atomic mass is 10.0. The Morgan fingerprint density at radius 3 is 2.16 bits per heavy atom. The average Bonchev–Trinajstić information content (AvgIpc) is 2.44. The van der Waals surface area contributed by atoms with E-state index in [1.54, 1.807) is 24.3 Å². The molecule has 2 rings (SSSR count). The van der Waals surface area contributed by atoms with Crippen molar-refractivity contribution in [3.05, 3.63) is 64.2 Å². The standard InChI is InChI=1S/C18H21ClN2O3S/c1-12-8-13(2)10-16(9-12)20-18(22)11-17(21-25(3,23)24)14-4-6-15(19)7-5-14/h4-10,17,21H,11H2,1-3H3,(H,20,22). The van der Waals surface area contributed by atoms with Crippen molar-refractivity contribution in [2.45, 2.75) is 26.3 Å². The van der Waals surface area contributed by atoms with E-state index in [0.717, 1.165) is 17.4 Å². The summed E-state index contributed by atoms with van der Waals surface area (Å²) in [6, 6.07) is 11.8. The van der Waals surface area contributed by atoms with Gasteiger partial charge in [0.1, 0.15) is 0 Å². The van der Waals surface area contributed by atoms with Crippen LogP contribution in [0.15, 0.2) is 42.5 Å². The Kier molecular flexibility index (Phi) is 6.21. The molecular weight excluding hydrogens is 360 g/mol. The Hall–Kier alpha value is -1.89. The molecule has 2 N–H and O–H groups in total. The molecule has 0 aliphatic rings. The van der Waals surface area contributed by atoms with E-state index in [1.807, 2.05) is 32.0 Å². The molecule has 0 bridgehead atoms. The van der Waals surface area contributed by atoms with Crippen LogP contribution in [-0.4, -0.2) is 20.6 Å². The summed E-state index contributed by atoms with van der Waals surface area (Å²) >= 11 is 5.87. The zero-order chi connectivity index (χ0) is 18.6. The predicted molar refractivity (Wildman–Crippen MR) is 101 cm³/mol. The summed E-state index contributed by atoms with van der Waals surface area (Å²) in [6.07, 6.45) is 1.04. The Labute approximate surface area is 153 Å². The minimum atomic E-state index is -3.48. The first-order chi connectivity index (χ1) is 11.6. The Morgan fingerprint density at radius 2 is 1.64 bits per heavy atom. The van der Waals surface area contributed by atoms with Crippen LogP contribution in [0.3, 0.4) is 0 Å². The molecule has 0 heterocycles. The molecule has 0 aliphatic heterocycles. The van der Waals surface area contributed by atoms with Gasteiger partial charge in [0.05, 0.1) is 12.3 Å². The Morgan fingerprint density at radius 1 is 1.08 bits per heavy atom. The summed E-state index contributed by atoms with van der Waals surface area (Å²) < 4.78 is 25.8. The van der Waals surface area contributed by atoms with Gasteiger partial charge in [-0.3, -0.25) is 4.79 Å². The number of amides is 1. The van der Waals surface area contributed by atoms with Crippen LogP contribution in [-0.2, 0) is 14.8 Å². The van der Waals surface area contributed by atoms with Crippen molar-refractivity contribution >= 4 is 33.2 Å². The molecule has 1 unspecified atom stereocenters. The minimum absolute atomic E-state index is 0.0261. The van der Waals surface area contributed by atoms with Crippen molar-refractivity contribution in [2.24, 2.45) is 0 Å². The van der Waals surface area contributed by atoms with Gasteiger partial charge in [0.2, 0.25) is 15.9 Å². The lowest BCUT2D eigenvalue weighted by Crippen LogP contribution is -2.30. The Bertz CT molecular complexity index is 844. The first-order valence-electron chi connectivity index (χ1n) is 7.73. The highest BCUT2D eigenvalue weighted by Gasteiger charge is 2.20. The van der Waals surface area contributed by atoms with Crippen molar-refractivity contribution in [1.82, 2.24) is 4.72 Å². The van der Waals surface area contributed by atoms with Crippen LogP contribution < -0.4 is 10.0 Å². The van der Waals surface area contributed by atoms with Gasteiger partial charge in [0.15, 0.2) is 0 Å². The van der Waals surface area contributed by atoms with Crippen LogP contribution in [0.25, 0.3) is 0 Å². The summed E-state index contributed by atoms with van der Waals surface area (Å²) in [5.41, 5.74) is 3.44. The first-order valence-corrected chi connectivity index (χ1v) is 10.0. The fourth-order valence-corrected chi connectivity index (χ4v) is 3.49. The quantitative estimate of drug-likeness (QED) is 0.804. The third-order valence-corrected chi connectivity index (χ3v) is 4.49. The topological polar surface area (TPSA) is 75.3 Å². The molecule has 0 radical (unpaired) electrons. The number of hydrogen-bond donors (Lipinski definition) is 2. The minimum Gasteiger partial charge on any atom is -0.326 e. The van der Waals surface area contributed by atoms with Gasteiger partial charge in [0, 0.05) is 17.1 Å². The van der Waals surface area contributed by atoms with Gasteiger partial charge in [-0.25, -0.2) is 13.1 Å². The fourth-order valence-electron chi connectivity index (χ4n) is 2.63. The molecule has 0 aliphatic carbocycles. The highest BCUT2D eigenvalue weighted by atomic mass is 35.5. The summed E-state index contributed by atoms with van der Waals surface area (Å²) in [6.45, 7) is 3.90. The molecular formula is C18H21ClN2O3S. The van der Waals surface area contributed by atoms with Gasteiger partial charge in [-0.15, -0.1) is 0 Å². The van der Waals surface area contributed by atoms with Crippen LogP contribution in [0.2, 0.25) is 5.02 Å². The lowest BCUT2D eigenvalue weighted by Gasteiger charge is -2.18. The molecule has 7 heteroatoms. The van der Waals surface area contributed by atoms with Gasteiger partial charge in [0.25, 0.3) is 0 Å². The SMILES string of the molecule is Cc1cc(C)cc(NC(=O)CC(NS(C)(=O)=O)c2ccc(Cl)cc2)c1. The van der Waals surface area contributed by atoms with Crippen molar-refractivity contribution in [1.29, 1.82) is 0 Å². The smallest absolute Gasteiger partial charge is 0.226 e. The van der Waals surface area contributed by atoms with E-state index in [4.69, 9.17) is 11.6 Å². The van der Waals surface area contributed by atoms with E-state index in [-0.39, 0.29) is 12.3 Å². The third-order valence-electron chi connectivity index (χ3n) is 3.52. The van der Waals surface area contributed by atoms with E-state index in [1.165, 1.54) is 0 Å². The summed E-state index contributed by atoms with van der Waals surface area (Å²) in [5, 5.41) is 3.36. The van der Waals surface area contributed by atoms with Crippen molar-refractivity contribution in [3.63, 3.8) is 0 Å². The largest absolute Gasteiger partial charge is 0.326 e. The number of carbonyl (C=O) groups is 1. The normalized spacial score (nSPS) is 12.6. The maximum Gasteiger partial charge on any atom is 0.226 e. The molecule has 134 valence electrons. The third kappa shape index (κ3) is 6.49. The molecule has 0 aromatic heterocycles. The number of anilines is 1. The molecule has 0 saturated carbocycles. The highest BCUT2D eigenvalue weighted by molar-refractivity contribution is 7.88. The summed E-state index contributed by atoms with van der Waals surface area (Å²) in [5.74, 6) is -0.277. The number of nitrogens with one attached hydrogen (secondary N) is 2. The maximum atomic E-state index is 12.4. The average molecular weight is 381 g/mol. The molecule has 25 heavy (non-hydrogen) atoms. The number of aryl methyl sites for hydroxylation is 2. The monoisotopic (exact) mass is 380 g/mol. The van der Waals surface area contributed by atoms with E-state index in [0.29, 0.717) is 16.3 Å². The van der Waals surface area contributed by atoms with Gasteiger partial charge >= 0.3 is 0 Å². The zero-order valence-corrected chi connectivity index (χ0v) is 15.9. The van der Waals surface area contributed by atoms with E-state index >= 15 is 0 Å².